The van der Waals surface area contributed by atoms with Gasteiger partial charge in [-0.25, -0.2) is 0 Å². The number of ether oxygens (including phenoxy) is 1. The zero-order chi connectivity index (χ0) is 17.5. The molecule has 2 aromatic rings. The largest absolute Gasteiger partial charge is 0.484 e. The van der Waals surface area contributed by atoms with Gasteiger partial charge in [0.05, 0.1) is 4.92 Å². The Labute approximate surface area is 137 Å². The molecule has 0 aliphatic rings. The van der Waals surface area contributed by atoms with Gasteiger partial charge in [-0.2, -0.15) is 0 Å². The number of nitrogen functional groups attached to an aromatic ring is 1. The summed E-state index contributed by atoms with van der Waals surface area (Å²) < 4.78 is 5.29. The molecular weight excluding hydrogens is 314 g/mol. The van der Waals surface area contributed by atoms with E-state index in [4.69, 9.17) is 10.5 Å². The minimum atomic E-state index is -0.488. The predicted molar refractivity (Wildman–Crippen MR) is 86.7 cm³/mol. The lowest BCUT2D eigenvalue weighted by molar-refractivity contribution is -0.384. The second-order valence-corrected chi connectivity index (χ2v) is 4.90. The van der Waals surface area contributed by atoms with Gasteiger partial charge in [-0.15, -0.1) is 0 Å². The Hall–Kier alpha value is -3.42. The fraction of sp³-hybridized carbons (Fsp3) is 0.125. The number of nitrogens with two attached hydrogens (primary N) is 1. The molecule has 8 nitrogen and oxygen atoms in total. The van der Waals surface area contributed by atoms with Crippen LogP contribution in [0.2, 0.25) is 0 Å². The molecule has 0 spiro atoms. The van der Waals surface area contributed by atoms with Crippen molar-refractivity contribution >= 4 is 23.6 Å². The molecule has 0 saturated carbocycles. The molecule has 0 unspecified atom stereocenters. The van der Waals surface area contributed by atoms with Crippen LogP contribution in [0.4, 0.5) is 11.4 Å². The van der Waals surface area contributed by atoms with E-state index in [1.165, 1.54) is 24.3 Å². The highest BCUT2D eigenvalue weighted by molar-refractivity contribution is 5.83. The molecule has 0 heterocycles. The van der Waals surface area contributed by atoms with Crippen molar-refractivity contribution in [2.24, 2.45) is 0 Å². The summed E-state index contributed by atoms with van der Waals surface area (Å²) in [5.41, 5.74) is 6.99. The van der Waals surface area contributed by atoms with Crippen molar-refractivity contribution in [3.05, 3.63) is 63.7 Å². The van der Waals surface area contributed by atoms with Crippen LogP contribution in [0.3, 0.4) is 0 Å². The van der Waals surface area contributed by atoms with Crippen molar-refractivity contribution in [3.8, 4) is 5.75 Å². The number of benzene rings is 2. The molecule has 24 heavy (non-hydrogen) atoms. The summed E-state index contributed by atoms with van der Waals surface area (Å²) in [6.07, 6.45) is 0.635. The van der Waals surface area contributed by atoms with Crippen LogP contribution in [0, 0.1) is 10.1 Å². The van der Waals surface area contributed by atoms with Crippen molar-refractivity contribution in [3.63, 3.8) is 0 Å². The monoisotopic (exact) mass is 329 g/mol. The minimum Gasteiger partial charge on any atom is -0.484 e. The number of nitro benzene ring substituents is 1. The van der Waals surface area contributed by atoms with Gasteiger partial charge >= 0.3 is 0 Å². The van der Waals surface area contributed by atoms with Gasteiger partial charge in [-0.05, 0) is 17.7 Å². The quantitative estimate of drug-likeness (QED) is 0.345. The first kappa shape index (κ1) is 16.9. The van der Waals surface area contributed by atoms with Gasteiger partial charge in [-0.1, -0.05) is 12.1 Å². The number of hydrogen-bond donors (Lipinski definition) is 2. The van der Waals surface area contributed by atoms with Crippen LogP contribution in [0.1, 0.15) is 15.9 Å². The number of carbonyl (C=O) groups excluding carboxylic acids is 2. The lowest BCUT2D eigenvalue weighted by Crippen LogP contribution is -2.28. The molecule has 2 rings (SSSR count). The molecule has 0 radical (unpaired) electrons. The number of amides is 1. The highest BCUT2D eigenvalue weighted by atomic mass is 16.6. The lowest BCUT2D eigenvalue weighted by atomic mass is 10.2. The second-order valence-electron chi connectivity index (χ2n) is 4.90. The maximum Gasteiger partial charge on any atom is 0.269 e. The number of nitrogens with one attached hydrogen (secondary N) is 1. The highest BCUT2D eigenvalue weighted by Gasteiger charge is 2.07. The Morgan fingerprint density at radius 1 is 1.25 bits per heavy atom. The molecule has 124 valence electrons. The summed E-state index contributed by atoms with van der Waals surface area (Å²) in [6.45, 7) is 0.0132. The Morgan fingerprint density at radius 3 is 2.54 bits per heavy atom. The van der Waals surface area contributed by atoms with E-state index in [9.17, 15) is 19.7 Å². The SMILES string of the molecule is Nc1cc(OCC(=O)NCc2ccc([N+](=O)[O-])cc2)ccc1C=O. The first-order chi connectivity index (χ1) is 11.5. The summed E-state index contributed by atoms with van der Waals surface area (Å²) in [4.78, 5) is 32.5. The van der Waals surface area contributed by atoms with Crippen molar-refractivity contribution in [2.75, 3.05) is 12.3 Å². The fourth-order valence-electron chi connectivity index (χ4n) is 1.89. The molecule has 0 aliphatic carbocycles. The van der Waals surface area contributed by atoms with E-state index in [2.05, 4.69) is 5.32 Å². The molecule has 0 aliphatic heterocycles. The van der Waals surface area contributed by atoms with E-state index in [0.29, 0.717) is 17.6 Å². The molecule has 0 fully saturated rings. The van der Waals surface area contributed by atoms with Gasteiger partial charge < -0.3 is 15.8 Å². The minimum absolute atomic E-state index is 0.00947. The molecule has 1 amide bonds. The lowest BCUT2D eigenvalue weighted by Gasteiger charge is -2.08. The maximum absolute atomic E-state index is 11.7. The molecule has 0 bridgehead atoms. The standard InChI is InChI=1S/C16H15N3O5/c17-15-7-14(6-3-12(15)9-20)24-10-16(21)18-8-11-1-4-13(5-2-11)19(22)23/h1-7,9H,8,10,17H2,(H,18,21). The topological polar surface area (TPSA) is 125 Å². The second kappa shape index (κ2) is 7.73. The van der Waals surface area contributed by atoms with Crippen LogP contribution >= 0.6 is 0 Å². The van der Waals surface area contributed by atoms with Gasteiger partial charge in [0.2, 0.25) is 0 Å². The van der Waals surface area contributed by atoms with E-state index < -0.39 is 4.92 Å². The molecular formula is C16H15N3O5. The number of non-ortho nitro benzene ring substituents is 1. The van der Waals surface area contributed by atoms with E-state index in [1.807, 2.05) is 0 Å². The van der Waals surface area contributed by atoms with Crippen molar-refractivity contribution in [1.29, 1.82) is 0 Å². The Bertz CT molecular complexity index is 759. The normalized spacial score (nSPS) is 10.0. The van der Waals surface area contributed by atoms with E-state index in [1.54, 1.807) is 18.2 Å². The van der Waals surface area contributed by atoms with Crippen LogP contribution in [0.15, 0.2) is 42.5 Å². The van der Waals surface area contributed by atoms with Crippen molar-refractivity contribution in [1.82, 2.24) is 5.32 Å². The molecule has 0 atom stereocenters. The third kappa shape index (κ3) is 4.54. The predicted octanol–water partition coefficient (Wildman–Crippen LogP) is 1.68. The van der Waals surface area contributed by atoms with Crippen molar-refractivity contribution in [2.45, 2.75) is 6.54 Å². The molecule has 0 saturated heterocycles. The molecule has 3 N–H and O–H groups in total. The smallest absolute Gasteiger partial charge is 0.269 e. The van der Waals surface area contributed by atoms with Crippen LogP contribution in [-0.4, -0.2) is 23.7 Å². The first-order valence-electron chi connectivity index (χ1n) is 6.97. The molecule has 8 heteroatoms. The number of rotatable bonds is 7. The molecule has 0 aromatic heterocycles. The summed E-state index contributed by atoms with van der Waals surface area (Å²) in [6, 6.07) is 10.4. The number of hydrogen-bond acceptors (Lipinski definition) is 6. The van der Waals surface area contributed by atoms with Crippen LogP contribution in [0.5, 0.6) is 5.75 Å². The summed E-state index contributed by atoms with van der Waals surface area (Å²) in [5.74, 6) is 0.0231. The number of nitrogens with zero attached hydrogens (tertiary/aromatic N) is 1. The van der Waals surface area contributed by atoms with Crippen LogP contribution in [-0.2, 0) is 11.3 Å². The van der Waals surface area contributed by atoms with E-state index in [0.717, 1.165) is 5.56 Å². The zero-order valence-electron chi connectivity index (χ0n) is 12.6. The van der Waals surface area contributed by atoms with Gasteiger partial charge in [0.15, 0.2) is 12.9 Å². The summed E-state index contributed by atoms with van der Waals surface area (Å²) >= 11 is 0. The Balaban J connectivity index is 1.82. The Morgan fingerprint density at radius 2 is 1.96 bits per heavy atom. The number of carbonyl (C=O) groups is 2. The average molecular weight is 329 g/mol. The highest BCUT2D eigenvalue weighted by Crippen LogP contribution is 2.18. The van der Waals surface area contributed by atoms with Gasteiger partial charge in [0, 0.05) is 36.0 Å². The van der Waals surface area contributed by atoms with Gasteiger partial charge in [0.25, 0.3) is 11.6 Å². The fourth-order valence-corrected chi connectivity index (χ4v) is 1.89. The third-order valence-corrected chi connectivity index (χ3v) is 3.19. The zero-order valence-corrected chi connectivity index (χ0v) is 12.6. The summed E-state index contributed by atoms with van der Waals surface area (Å²) in [7, 11) is 0. The van der Waals surface area contributed by atoms with E-state index in [-0.39, 0.29) is 30.4 Å². The first-order valence-corrected chi connectivity index (χ1v) is 6.97. The number of aldehydes is 1. The number of nitro groups is 1. The van der Waals surface area contributed by atoms with Crippen LogP contribution < -0.4 is 15.8 Å². The van der Waals surface area contributed by atoms with Crippen LogP contribution in [0.25, 0.3) is 0 Å². The average Bonchev–Trinajstić information content (AvgIpc) is 2.58. The Kier molecular flexibility index (Phi) is 5.45. The van der Waals surface area contributed by atoms with Gasteiger partial charge in [-0.3, -0.25) is 19.7 Å². The third-order valence-electron chi connectivity index (χ3n) is 3.19. The van der Waals surface area contributed by atoms with E-state index >= 15 is 0 Å². The number of anilines is 1. The van der Waals surface area contributed by atoms with Gasteiger partial charge in [0.1, 0.15) is 5.75 Å². The van der Waals surface area contributed by atoms with Crippen molar-refractivity contribution < 1.29 is 19.2 Å². The molecule has 2 aromatic carbocycles. The maximum atomic E-state index is 11.7. The summed E-state index contributed by atoms with van der Waals surface area (Å²) in [5, 5.41) is 13.2.